The first-order chi connectivity index (χ1) is 6.26. The van der Waals surface area contributed by atoms with Crippen LogP contribution in [0.1, 0.15) is 13.3 Å². The van der Waals surface area contributed by atoms with Gasteiger partial charge < -0.3 is 11.1 Å². The predicted molar refractivity (Wildman–Crippen MR) is 50.8 cm³/mol. The molecule has 1 heterocycles. The fraction of sp³-hybridized carbons (Fsp3) is 0.375. The number of hydrogen-bond acceptors (Lipinski definition) is 5. The number of rotatable bonds is 3. The second kappa shape index (κ2) is 4.26. The summed E-state index contributed by atoms with van der Waals surface area (Å²) in [4.78, 5) is 11.4. The van der Waals surface area contributed by atoms with Crippen molar-refractivity contribution in [2.75, 3.05) is 11.1 Å². The lowest BCUT2D eigenvalue weighted by Gasteiger charge is -2.09. The number of aromatic nitrogens is 3. The minimum absolute atomic E-state index is 0.0678. The Morgan fingerprint density at radius 1 is 1.69 bits per heavy atom. The topological polar surface area (TPSA) is 76.7 Å². The van der Waals surface area contributed by atoms with Crippen LogP contribution < -0.4 is 11.1 Å². The van der Waals surface area contributed by atoms with Crippen LogP contribution in [0, 0.1) is 12.3 Å². The molecule has 0 aromatic carbocycles. The minimum atomic E-state index is -0.0678. The molecule has 5 nitrogen and oxygen atoms in total. The average Bonchev–Trinajstić information content (AvgIpc) is 2.14. The van der Waals surface area contributed by atoms with Crippen LogP contribution in [0.15, 0.2) is 6.33 Å². The predicted octanol–water partition coefficient (Wildman–Crippen LogP) is 0.278. The Balaban J connectivity index is 2.69. The van der Waals surface area contributed by atoms with Crippen LogP contribution in [0.2, 0.25) is 0 Å². The Kier molecular flexibility index (Phi) is 3.03. The van der Waals surface area contributed by atoms with E-state index in [4.69, 9.17) is 12.2 Å². The van der Waals surface area contributed by atoms with Crippen LogP contribution in [-0.4, -0.2) is 21.0 Å². The van der Waals surface area contributed by atoms with Crippen molar-refractivity contribution >= 4 is 11.9 Å². The summed E-state index contributed by atoms with van der Waals surface area (Å²) in [5.41, 5.74) is 5.36. The van der Waals surface area contributed by atoms with E-state index < -0.39 is 0 Å². The normalized spacial score (nSPS) is 11.7. The molecule has 0 bridgehead atoms. The molecule has 1 unspecified atom stereocenters. The smallest absolute Gasteiger partial charge is 0.228 e. The fourth-order valence-corrected chi connectivity index (χ4v) is 0.796. The van der Waals surface area contributed by atoms with Gasteiger partial charge in [-0.05, 0) is 6.42 Å². The third kappa shape index (κ3) is 2.60. The Hall–Kier alpha value is -1.83. The summed E-state index contributed by atoms with van der Waals surface area (Å²) >= 11 is 0. The molecule has 1 rings (SSSR count). The Morgan fingerprint density at radius 3 is 3.00 bits per heavy atom. The van der Waals surface area contributed by atoms with Gasteiger partial charge in [-0.25, -0.2) is 9.97 Å². The number of anilines is 2. The quantitative estimate of drug-likeness (QED) is 0.648. The molecule has 0 amide bonds. The molecule has 1 aromatic heterocycles. The highest BCUT2D eigenvalue weighted by Crippen LogP contribution is 2.01. The van der Waals surface area contributed by atoms with Crippen LogP contribution in [-0.2, 0) is 0 Å². The van der Waals surface area contributed by atoms with E-state index in [0.717, 1.165) is 6.42 Å². The maximum atomic E-state index is 5.36. The van der Waals surface area contributed by atoms with Crippen LogP contribution in [0.5, 0.6) is 0 Å². The number of nitrogens with zero attached hydrogens (tertiary/aromatic N) is 3. The van der Waals surface area contributed by atoms with Crippen LogP contribution in [0.3, 0.4) is 0 Å². The van der Waals surface area contributed by atoms with Gasteiger partial charge in [-0.1, -0.05) is 12.8 Å². The van der Waals surface area contributed by atoms with Gasteiger partial charge in [0.15, 0.2) is 0 Å². The van der Waals surface area contributed by atoms with E-state index in [1.807, 2.05) is 6.92 Å². The average molecular weight is 177 g/mol. The van der Waals surface area contributed by atoms with Gasteiger partial charge >= 0.3 is 0 Å². The molecule has 0 saturated carbocycles. The Morgan fingerprint density at radius 2 is 2.46 bits per heavy atom. The van der Waals surface area contributed by atoms with Crippen LogP contribution >= 0.6 is 0 Å². The number of nitrogen functional groups attached to an aromatic ring is 1. The van der Waals surface area contributed by atoms with E-state index in [1.165, 1.54) is 6.33 Å². The zero-order valence-electron chi connectivity index (χ0n) is 7.36. The molecule has 0 aliphatic rings. The summed E-state index contributed by atoms with van der Waals surface area (Å²) in [5.74, 6) is 3.17. The Bertz CT molecular complexity index is 317. The molecule has 0 radical (unpaired) electrons. The van der Waals surface area contributed by atoms with E-state index in [0.29, 0.717) is 5.95 Å². The zero-order chi connectivity index (χ0) is 9.68. The second-order valence-corrected chi connectivity index (χ2v) is 2.44. The SMILES string of the molecule is C#CC(CC)Nc1ncnc(N)n1. The van der Waals surface area contributed by atoms with Gasteiger partial charge in [0.05, 0.1) is 6.04 Å². The van der Waals surface area contributed by atoms with E-state index in [2.05, 4.69) is 26.2 Å². The highest BCUT2D eigenvalue weighted by atomic mass is 15.2. The van der Waals surface area contributed by atoms with Gasteiger partial charge in [-0.2, -0.15) is 4.98 Å². The summed E-state index contributed by atoms with van der Waals surface area (Å²) in [6, 6.07) is -0.0678. The van der Waals surface area contributed by atoms with E-state index in [-0.39, 0.29) is 12.0 Å². The van der Waals surface area contributed by atoms with Crippen molar-refractivity contribution in [3.8, 4) is 12.3 Å². The molecule has 1 aromatic rings. The molecule has 0 saturated heterocycles. The summed E-state index contributed by atoms with van der Waals surface area (Å²) in [6.07, 6.45) is 7.40. The van der Waals surface area contributed by atoms with Crippen LogP contribution in [0.25, 0.3) is 0 Å². The van der Waals surface area contributed by atoms with Gasteiger partial charge in [-0.15, -0.1) is 6.42 Å². The standard InChI is InChI=1S/C8H11N5/c1-3-6(4-2)12-8-11-5-10-7(9)13-8/h1,5-6H,4H2,2H3,(H3,9,10,11,12,13). The molecule has 1 atom stereocenters. The molecule has 5 heteroatoms. The first kappa shape index (κ1) is 9.26. The number of terminal acetylenes is 1. The molecule has 0 aliphatic heterocycles. The summed E-state index contributed by atoms with van der Waals surface area (Å²) in [7, 11) is 0. The zero-order valence-corrected chi connectivity index (χ0v) is 7.36. The number of nitrogens with two attached hydrogens (primary N) is 1. The van der Waals surface area contributed by atoms with Crippen molar-refractivity contribution in [1.82, 2.24) is 15.0 Å². The maximum Gasteiger partial charge on any atom is 0.228 e. The maximum absolute atomic E-state index is 5.36. The van der Waals surface area contributed by atoms with Gasteiger partial charge in [-0.3, -0.25) is 0 Å². The third-order valence-corrected chi connectivity index (χ3v) is 1.50. The third-order valence-electron chi connectivity index (χ3n) is 1.50. The van der Waals surface area contributed by atoms with Crippen molar-refractivity contribution in [3.05, 3.63) is 6.33 Å². The fourth-order valence-electron chi connectivity index (χ4n) is 0.796. The monoisotopic (exact) mass is 177 g/mol. The lowest BCUT2D eigenvalue weighted by molar-refractivity contribution is 0.837. The van der Waals surface area contributed by atoms with E-state index >= 15 is 0 Å². The van der Waals surface area contributed by atoms with Crippen molar-refractivity contribution in [1.29, 1.82) is 0 Å². The van der Waals surface area contributed by atoms with E-state index in [1.54, 1.807) is 0 Å². The molecule has 13 heavy (non-hydrogen) atoms. The molecule has 68 valence electrons. The molecule has 0 spiro atoms. The highest BCUT2D eigenvalue weighted by molar-refractivity contribution is 5.32. The lowest BCUT2D eigenvalue weighted by Crippen LogP contribution is -2.18. The number of hydrogen-bond donors (Lipinski definition) is 2. The largest absolute Gasteiger partial charge is 0.368 e. The molecule has 0 aliphatic carbocycles. The summed E-state index contributed by atoms with van der Waals surface area (Å²) in [5, 5.41) is 2.94. The van der Waals surface area contributed by atoms with Gasteiger partial charge in [0.25, 0.3) is 0 Å². The van der Waals surface area contributed by atoms with E-state index in [9.17, 15) is 0 Å². The first-order valence-electron chi connectivity index (χ1n) is 3.93. The molecular weight excluding hydrogens is 166 g/mol. The molecule has 0 fully saturated rings. The minimum Gasteiger partial charge on any atom is -0.368 e. The van der Waals surface area contributed by atoms with Gasteiger partial charge in [0.1, 0.15) is 6.33 Å². The van der Waals surface area contributed by atoms with Crippen LogP contribution in [0.4, 0.5) is 11.9 Å². The molecular formula is C8H11N5. The second-order valence-electron chi connectivity index (χ2n) is 2.44. The number of nitrogens with one attached hydrogen (secondary N) is 1. The Labute approximate surface area is 76.8 Å². The van der Waals surface area contributed by atoms with Crippen molar-refractivity contribution in [2.45, 2.75) is 19.4 Å². The highest BCUT2D eigenvalue weighted by Gasteiger charge is 2.03. The summed E-state index contributed by atoms with van der Waals surface area (Å²) in [6.45, 7) is 1.97. The van der Waals surface area contributed by atoms with Gasteiger partial charge in [0.2, 0.25) is 11.9 Å². The molecule has 3 N–H and O–H groups in total. The van der Waals surface area contributed by atoms with Crippen molar-refractivity contribution < 1.29 is 0 Å². The summed E-state index contributed by atoms with van der Waals surface area (Å²) < 4.78 is 0. The van der Waals surface area contributed by atoms with Crippen molar-refractivity contribution in [3.63, 3.8) is 0 Å². The van der Waals surface area contributed by atoms with Crippen molar-refractivity contribution in [2.24, 2.45) is 0 Å². The lowest BCUT2D eigenvalue weighted by atomic mass is 10.2. The van der Waals surface area contributed by atoms with Gasteiger partial charge in [0, 0.05) is 0 Å². The first-order valence-corrected chi connectivity index (χ1v) is 3.93.